The normalized spacial score (nSPS) is 15.7. The highest BCUT2D eigenvalue weighted by Gasteiger charge is 2.29. The average molecular weight is 410 g/mol. The number of likely N-dealkylation sites (N-methyl/N-ethyl adjacent to an activating group) is 1. The van der Waals surface area contributed by atoms with Crippen molar-refractivity contribution in [3.05, 3.63) is 76.6 Å². The number of halogens is 1. The molecule has 140 valence electrons. The number of para-hydroxylation sites is 1. The number of benzene rings is 2. The van der Waals surface area contributed by atoms with Crippen molar-refractivity contribution in [3.63, 3.8) is 0 Å². The van der Waals surface area contributed by atoms with Crippen LogP contribution in [0.3, 0.4) is 0 Å². The minimum Gasteiger partial charge on any atom is -0.296 e. The lowest BCUT2D eigenvalue weighted by Crippen LogP contribution is -2.22. The Balaban J connectivity index is 1.86. The number of hydrogen-bond donors (Lipinski definition) is 0. The minimum absolute atomic E-state index is 0.150. The van der Waals surface area contributed by atoms with Gasteiger partial charge < -0.3 is 0 Å². The summed E-state index contributed by atoms with van der Waals surface area (Å²) < 4.78 is 16.4. The number of hydrogen-bond acceptors (Lipinski definition) is 4. The molecule has 3 aromatic rings. The van der Waals surface area contributed by atoms with Gasteiger partial charge in [0.1, 0.15) is 15.8 Å². The standard InChI is InChI=1S/C21H16FN3OS2/c1-13-8-9-14(10-17(13)22)19-15(11-18-20(26)24(2)21(27)28-18)12-25(23-19)16-6-4-3-5-7-16/h3-12H,1-2H3/b18-11-. The van der Waals surface area contributed by atoms with Gasteiger partial charge in [0.05, 0.1) is 10.6 Å². The van der Waals surface area contributed by atoms with E-state index < -0.39 is 0 Å². The molecule has 0 atom stereocenters. The van der Waals surface area contributed by atoms with Gasteiger partial charge in [-0.2, -0.15) is 5.10 Å². The fraction of sp³-hybridized carbons (Fsp3) is 0.0952. The van der Waals surface area contributed by atoms with E-state index in [1.165, 1.54) is 22.7 Å². The molecule has 2 aromatic carbocycles. The number of aromatic nitrogens is 2. The molecule has 1 aliphatic heterocycles. The first kappa shape index (κ1) is 18.6. The van der Waals surface area contributed by atoms with E-state index in [0.717, 1.165) is 11.3 Å². The van der Waals surface area contributed by atoms with Gasteiger partial charge in [0.2, 0.25) is 0 Å². The summed E-state index contributed by atoms with van der Waals surface area (Å²) in [5, 5.41) is 4.67. The Bertz CT molecular complexity index is 1120. The summed E-state index contributed by atoms with van der Waals surface area (Å²) in [7, 11) is 1.65. The lowest BCUT2D eigenvalue weighted by molar-refractivity contribution is -0.121. The van der Waals surface area contributed by atoms with Crippen molar-refractivity contribution >= 4 is 40.3 Å². The van der Waals surface area contributed by atoms with Crippen molar-refractivity contribution in [2.24, 2.45) is 0 Å². The van der Waals surface area contributed by atoms with Gasteiger partial charge in [-0.1, -0.05) is 54.3 Å². The molecule has 2 heterocycles. The Morgan fingerprint density at radius 1 is 1.18 bits per heavy atom. The number of carbonyl (C=O) groups is 1. The van der Waals surface area contributed by atoms with Crippen molar-refractivity contribution in [2.45, 2.75) is 6.92 Å². The number of nitrogens with zero attached hydrogens (tertiary/aromatic N) is 3. The SMILES string of the molecule is Cc1ccc(-c2nn(-c3ccccc3)cc2/C=C2\SC(=S)N(C)C2=O)cc1F. The van der Waals surface area contributed by atoms with Crippen LogP contribution in [0.4, 0.5) is 4.39 Å². The second-order valence-corrected chi connectivity index (χ2v) is 8.09. The molecular formula is C21H16FN3OS2. The van der Waals surface area contributed by atoms with Gasteiger partial charge in [-0.25, -0.2) is 9.07 Å². The average Bonchev–Trinajstić information content (AvgIpc) is 3.22. The molecular weight excluding hydrogens is 393 g/mol. The third-order valence-electron chi connectivity index (χ3n) is 4.48. The molecule has 1 aliphatic rings. The topological polar surface area (TPSA) is 38.1 Å². The Kier molecular flexibility index (Phi) is 4.87. The summed E-state index contributed by atoms with van der Waals surface area (Å²) in [4.78, 5) is 14.4. The van der Waals surface area contributed by atoms with Gasteiger partial charge >= 0.3 is 0 Å². The van der Waals surface area contributed by atoms with Gasteiger partial charge in [-0.05, 0) is 36.8 Å². The molecule has 28 heavy (non-hydrogen) atoms. The van der Waals surface area contributed by atoms with Crippen LogP contribution < -0.4 is 0 Å². The van der Waals surface area contributed by atoms with Crippen LogP contribution in [-0.4, -0.2) is 32.0 Å². The van der Waals surface area contributed by atoms with Gasteiger partial charge in [0.15, 0.2) is 0 Å². The second kappa shape index (κ2) is 7.33. The summed E-state index contributed by atoms with van der Waals surface area (Å²) in [5.41, 5.74) is 3.42. The molecule has 1 amide bonds. The first-order valence-corrected chi connectivity index (χ1v) is 9.79. The molecule has 1 aromatic heterocycles. The third-order valence-corrected chi connectivity index (χ3v) is 5.97. The number of carbonyl (C=O) groups excluding carboxylic acids is 1. The number of amides is 1. The Morgan fingerprint density at radius 2 is 1.93 bits per heavy atom. The van der Waals surface area contributed by atoms with Crippen LogP contribution >= 0.6 is 24.0 Å². The van der Waals surface area contributed by atoms with Gasteiger partial charge in [-0.3, -0.25) is 9.69 Å². The first-order valence-electron chi connectivity index (χ1n) is 8.57. The van der Waals surface area contributed by atoms with E-state index in [-0.39, 0.29) is 11.7 Å². The predicted octanol–water partition coefficient (Wildman–Crippen LogP) is 4.82. The highest BCUT2D eigenvalue weighted by molar-refractivity contribution is 8.26. The lowest BCUT2D eigenvalue weighted by atomic mass is 10.1. The first-order chi connectivity index (χ1) is 13.4. The molecule has 4 nitrogen and oxygen atoms in total. The monoisotopic (exact) mass is 409 g/mol. The zero-order valence-corrected chi connectivity index (χ0v) is 16.9. The van der Waals surface area contributed by atoms with Crippen LogP contribution in [0.2, 0.25) is 0 Å². The van der Waals surface area contributed by atoms with Crippen LogP contribution in [0.25, 0.3) is 23.0 Å². The molecule has 0 spiro atoms. The van der Waals surface area contributed by atoms with Gasteiger partial charge in [-0.15, -0.1) is 0 Å². The molecule has 0 saturated carbocycles. The summed E-state index contributed by atoms with van der Waals surface area (Å²) in [6, 6.07) is 14.7. The molecule has 0 bridgehead atoms. The number of thioether (sulfide) groups is 1. The summed E-state index contributed by atoms with van der Waals surface area (Å²) in [6.45, 7) is 1.72. The summed E-state index contributed by atoms with van der Waals surface area (Å²) >= 11 is 6.46. The Morgan fingerprint density at radius 3 is 2.57 bits per heavy atom. The highest BCUT2D eigenvalue weighted by atomic mass is 32.2. The third kappa shape index (κ3) is 3.39. The van der Waals surface area contributed by atoms with Gasteiger partial charge in [0.25, 0.3) is 5.91 Å². The maximum Gasteiger partial charge on any atom is 0.265 e. The maximum absolute atomic E-state index is 14.2. The van der Waals surface area contributed by atoms with Crippen LogP contribution in [0.1, 0.15) is 11.1 Å². The van der Waals surface area contributed by atoms with Crippen molar-refractivity contribution in [1.82, 2.24) is 14.7 Å². The molecule has 0 radical (unpaired) electrons. The van der Waals surface area contributed by atoms with E-state index >= 15 is 0 Å². The quantitative estimate of drug-likeness (QED) is 0.459. The largest absolute Gasteiger partial charge is 0.296 e. The fourth-order valence-corrected chi connectivity index (χ4v) is 4.03. The van der Waals surface area contributed by atoms with Gasteiger partial charge in [0, 0.05) is 24.4 Å². The molecule has 0 aliphatic carbocycles. The van der Waals surface area contributed by atoms with Crippen LogP contribution in [0, 0.1) is 12.7 Å². The van der Waals surface area contributed by atoms with Crippen molar-refractivity contribution in [2.75, 3.05) is 7.05 Å². The van der Waals surface area contributed by atoms with E-state index in [1.807, 2.05) is 42.6 Å². The highest BCUT2D eigenvalue weighted by Crippen LogP contribution is 2.34. The maximum atomic E-state index is 14.2. The fourth-order valence-electron chi connectivity index (χ4n) is 2.86. The van der Waals surface area contributed by atoms with Crippen LogP contribution in [0.5, 0.6) is 0 Å². The molecule has 0 N–H and O–H groups in total. The number of aryl methyl sites for hydroxylation is 1. The Hall–Kier alpha value is -2.77. The smallest absolute Gasteiger partial charge is 0.265 e. The van der Waals surface area contributed by atoms with Crippen LogP contribution in [-0.2, 0) is 4.79 Å². The van der Waals surface area contributed by atoms with Crippen molar-refractivity contribution < 1.29 is 9.18 Å². The van der Waals surface area contributed by atoms with E-state index in [2.05, 4.69) is 5.10 Å². The van der Waals surface area contributed by atoms with Crippen molar-refractivity contribution in [1.29, 1.82) is 0 Å². The Labute approximate surface area is 171 Å². The number of thiocarbonyl (C=S) groups is 1. The number of rotatable bonds is 3. The van der Waals surface area contributed by atoms with E-state index in [1.54, 1.807) is 30.8 Å². The molecule has 0 unspecified atom stereocenters. The lowest BCUT2D eigenvalue weighted by Gasteiger charge is -2.04. The second-order valence-electron chi connectivity index (χ2n) is 6.42. The van der Waals surface area contributed by atoms with Crippen molar-refractivity contribution in [3.8, 4) is 16.9 Å². The zero-order valence-electron chi connectivity index (χ0n) is 15.2. The zero-order chi connectivity index (χ0) is 19.8. The summed E-state index contributed by atoms with van der Waals surface area (Å²) in [6.07, 6.45) is 3.60. The molecule has 1 saturated heterocycles. The van der Waals surface area contributed by atoms with E-state index in [9.17, 15) is 9.18 Å². The molecule has 4 rings (SSSR count). The molecule has 7 heteroatoms. The predicted molar refractivity (Wildman–Crippen MR) is 115 cm³/mol. The summed E-state index contributed by atoms with van der Waals surface area (Å²) in [5.74, 6) is -0.443. The van der Waals surface area contributed by atoms with E-state index in [4.69, 9.17) is 12.2 Å². The van der Waals surface area contributed by atoms with Crippen LogP contribution in [0.15, 0.2) is 59.6 Å². The molecule has 1 fully saturated rings. The minimum atomic E-state index is -0.294. The van der Waals surface area contributed by atoms with E-state index in [0.29, 0.717) is 26.0 Å².